The van der Waals surface area contributed by atoms with Crippen molar-refractivity contribution in [3.63, 3.8) is 0 Å². The van der Waals surface area contributed by atoms with Crippen molar-refractivity contribution in [2.75, 3.05) is 0 Å². The number of aromatic hydroxyl groups is 2. The Labute approximate surface area is 187 Å². The number of phosphoric ester groups is 1. The molecule has 2 rings (SSSR count). The number of benzene rings is 2. The smallest absolute Gasteiger partial charge is 0.470 e. The number of rotatable bonds is 11. The molecule has 0 saturated heterocycles. The van der Waals surface area contributed by atoms with E-state index in [9.17, 15) is 29.1 Å². The molecule has 0 aliphatic carbocycles. The SMILES string of the molecule is CCC(c1ccc(O)cc1)C(CC)c1ccc(O)c(CCC(OP(=O)(O)O)P(=O)(O)O)c1. The van der Waals surface area contributed by atoms with Gasteiger partial charge >= 0.3 is 15.4 Å². The third kappa shape index (κ3) is 7.42. The second kappa shape index (κ2) is 10.9. The number of hydrogen-bond acceptors (Lipinski definition) is 5. The van der Waals surface area contributed by atoms with Crippen LogP contribution in [0.5, 0.6) is 11.5 Å². The minimum absolute atomic E-state index is 0.0537. The second-order valence-electron chi connectivity index (χ2n) is 7.69. The molecular weight excluding hydrogens is 458 g/mol. The van der Waals surface area contributed by atoms with Gasteiger partial charge in [0.05, 0.1) is 0 Å². The van der Waals surface area contributed by atoms with Gasteiger partial charge in [-0.25, -0.2) is 4.57 Å². The molecule has 0 aliphatic heterocycles. The van der Waals surface area contributed by atoms with E-state index in [2.05, 4.69) is 11.4 Å². The fourth-order valence-electron chi connectivity index (χ4n) is 3.98. The van der Waals surface area contributed by atoms with Crippen molar-refractivity contribution in [1.29, 1.82) is 0 Å². The van der Waals surface area contributed by atoms with E-state index in [1.165, 1.54) is 6.07 Å². The molecule has 0 amide bonds. The number of aryl methyl sites for hydroxylation is 1. The first-order valence-corrected chi connectivity index (χ1v) is 13.5. The van der Waals surface area contributed by atoms with Crippen molar-refractivity contribution in [3.8, 4) is 11.5 Å². The zero-order chi connectivity index (χ0) is 24.1. The third-order valence-corrected chi connectivity index (χ3v) is 7.32. The molecule has 0 radical (unpaired) electrons. The first-order valence-electron chi connectivity index (χ1n) is 10.3. The van der Waals surface area contributed by atoms with Crippen molar-refractivity contribution in [2.45, 2.75) is 57.2 Å². The van der Waals surface area contributed by atoms with E-state index >= 15 is 0 Å². The van der Waals surface area contributed by atoms with E-state index in [-0.39, 0.29) is 29.8 Å². The molecule has 0 spiro atoms. The van der Waals surface area contributed by atoms with E-state index in [4.69, 9.17) is 9.79 Å². The van der Waals surface area contributed by atoms with Crippen LogP contribution in [0.15, 0.2) is 42.5 Å². The third-order valence-electron chi connectivity index (χ3n) is 5.51. The van der Waals surface area contributed by atoms with Gasteiger partial charge in [0, 0.05) is 0 Å². The van der Waals surface area contributed by atoms with E-state index in [1.54, 1.807) is 24.3 Å². The highest BCUT2D eigenvalue weighted by Crippen LogP contribution is 2.52. The number of phenols is 2. The Kier molecular flexibility index (Phi) is 9.08. The summed E-state index contributed by atoms with van der Waals surface area (Å²) in [5.74, 6) is -1.68. The normalized spacial score (nSPS) is 15.3. The molecule has 0 fully saturated rings. The summed E-state index contributed by atoms with van der Waals surface area (Å²) in [5.41, 5.74) is 2.38. The summed E-state index contributed by atoms with van der Waals surface area (Å²) in [5, 5.41) is 19.8. The van der Waals surface area contributed by atoms with E-state index in [1.807, 2.05) is 19.1 Å². The van der Waals surface area contributed by atoms with Crippen LogP contribution in [0.3, 0.4) is 0 Å². The lowest BCUT2D eigenvalue weighted by Gasteiger charge is -2.27. The Hall–Kier alpha value is -1.70. The Balaban J connectivity index is 2.30. The Morgan fingerprint density at radius 3 is 1.88 bits per heavy atom. The van der Waals surface area contributed by atoms with Gasteiger partial charge < -0.3 is 29.8 Å². The highest BCUT2D eigenvalue weighted by atomic mass is 31.2. The van der Waals surface area contributed by atoms with Crippen molar-refractivity contribution in [1.82, 2.24) is 0 Å². The number of phenolic OH excluding ortho intramolecular Hbond substituents is 2. The quantitative estimate of drug-likeness (QED) is 0.253. The average molecular weight is 488 g/mol. The molecule has 3 atom stereocenters. The Morgan fingerprint density at radius 1 is 0.844 bits per heavy atom. The minimum atomic E-state index is -5.11. The second-order valence-corrected chi connectivity index (χ2v) is 10.6. The first-order chi connectivity index (χ1) is 14.9. The van der Waals surface area contributed by atoms with Crippen molar-refractivity contribution in [3.05, 3.63) is 59.2 Å². The molecule has 0 aliphatic rings. The van der Waals surface area contributed by atoms with Gasteiger partial charge in [-0.05, 0) is 72.4 Å². The molecule has 0 bridgehead atoms. The standard InChI is InChI=1S/C21H30O9P2/c1-3-18(14-5-9-17(22)10-6-14)19(4-2)15-7-11-20(23)16(13-15)8-12-21(31(24,25)26)30-32(27,28)29/h5-7,9-11,13,18-19,21-23H,3-4,8,12H2,1-2H3,(H2,24,25,26)(H2,27,28,29). The summed E-state index contributed by atoms with van der Waals surface area (Å²) in [6.45, 7) is 4.10. The topological polar surface area (TPSA) is 165 Å². The molecule has 11 heteroatoms. The fraction of sp³-hybridized carbons (Fsp3) is 0.429. The summed E-state index contributed by atoms with van der Waals surface area (Å²) < 4.78 is 27.0. The van der Waals surface area contributed by atoms with Crippen LogP contribution < -0.4 is 0 Å². The number of hydrogen-bond donors (Lipinski definition) is 6. The minimum Gasteiger partial charge on any atom is -0.508 e. The van der Waals surface area contributed by atoms with Crippen LogP contribution in [-0.2, 0) is 20.1 Å². The van der Waals surface area contributed by atoms with Gasteiger partial charge in [-0.1, -0.05) is 38.1 Å². The largest absolute Gasteiger partial charge is 0.508 e. The molecule has 2 aromatic carbocycles. The lowest BCUT2D eigenvalue weighted by molar-refractivity contribution is 0.149. The molecular formula is C21H30O9P2. The molecule has 0 aromatic heterocycles. The zero-order valence-electron chi connectivity index (χ0n) is 17.9. The molecule has 32 heavy (non-hydrogen) atoms. The molecule has 0 heterocycles. The van der Waals surface area contributed by atoms with Crippen LogP contribution in [0, 0.1) is 0 Å². The van der Waals surface area contributed by atoms with Crippen molar-refractivity contribution < 1.29 is 43.4 Å². The summed E-state index contributed by atoms with van der Waals surface area (Å²) in [4.78, 5) is 36.7. The maximum Gasteiger partial charge on any atom is 0.470 e. The van der Waals surface area contributed by atoms with Gasteiger partial charge in [-0.15, -0.1) is 0 Å². The van der Waals surface area contributed by atoms with Crippen molar-refractivity contribution >= 4 is 15.4 Å². The van der Waals surface area contributed by atoms with Gasteiger partial charge in [0.1, 0.15) is 11.5 Å². The lowest BCUT2D eigenvalue weighted by atomic mass is 9.78. The van der Waals surface area contributed by atoms with Gasteiger partial charge in [0.25, 0.3) is 0 Å². The van der Waals surface area contributed by atoms with Crippen LogP contribution in [0.4, 0.5) is 0 Å². The van der Waals surface area contributed by atoms with Crippen LogP contribution in [-0.4, -0.2) is 35.6 Å². The molecule has 2 aromatic rings. The van der Waals surface area contributed by atoms with E-state index in [0.29, 0.717) is 5.56 Å². The van der Waals surface area contributed by atoms with Crippen LogP contribution in [0.25, 0.3) is 0 Å². The summed E-state index contributed by atoms with van der Waals surface area (Å²) in [6, 6.07) is 12.1. The van der Waals surface area contributed by atoms with Gasteiger partial charge in [0.15, 0.2) is 5.85 Å². The van der Waals surface area contributed by atoms with Gasteiger partial charge in [-0.2, -0.15) is 0 Å². The zero-order valence-corrected chi connectivity index (χ0v) is 19.7. The summed E-state index contributed by atoms with van der Waals surface area (Å²) in [7, 11) is -10.1. The predicted molar refractivity (Wildman–Crippen MR) is 120 cm³/mol. The molecule has 6 N–H and O–H groups in total. The molecule has 3 unspecified atom stereocenters. The lowest BCUT2D eigenvalue weighted by Crippen LogP contribution is -2.14. The Bertz CT molecular complexity index is 981. The molecule has 0 saturated carbocycles. The first kappa shape index (κ1) is 26.6. The molecule has 178 valence electrons. The Morgan fingerprint density at radius 2 is 1.38 bits per heavy atom. The maximum atomic E-state index is 11.6. The highest BCUT2D eigenvalue weighted by molar-refractivity contribution is 7.53. The van der Waals surface area contributed by atoms with Crippen LogP contribution in [0.2, 0.25) is 0 Å². The van der Waals surface area contributed by atoms with Crippen molar-refractivity contribution in [2.24, 2.45) is 0 Å². The van der Waals surface area contributed by atoms with Gasteiger partial charge in [-0.3, -0.25) is 9.09 Å². The number of phosphoric acid groups is 1. The monoisotopic (exact) mass is 488 g/mol. The fourth-order valence-corrected chi connectivity index (χ4v) is 5.73. The summed E-state index contributed by atoms with van der Waals surface area (Å²) >= 11 is 0. The van der Waals surface area contributed by atoms with Gasteiger partial charge in [0.2, 0.25) is 0 Å². The highest BCUT2D eigenvalue weighted by Gasteiger charge is 2.35. The van der Waals surface area contributed by atoms with E-state index < -0.39 is 27.7 Å². The van der Waals surface area contributed by atoms with Crippen LogP contribution >= 0.6 is 15.4 Å². The summed E-state index contributed by atoms with van der Waals surface area (Å²) in [6.07, 6.45) is 1.17. The average Bonchev–Trinajstić information content (AvgIpc) is 2.70. The predicted octanol–water partition coefficient (Wildman–Crippen LogP) is 4.33. The van der Waals surface area contributed by atoms with Crippen LogP contribution in [0.1, 0.15) is 61.6 Å². The molecule has 9 nitrogen and oxygen atoms in total. The van der Waals surface area contributed by atoms with E-state index in [0.717, 1.165) is 24.0 Å². The maximum absolute atomic E-state index is 11.6.